The van der Waals surface area contributed by atoms with Crippen molar-refractivity contribution in [3.05, 3.63) is 41.0 Å². The Morgan fingerprint density at radius 2 is 2.05 bits per heavy atom. The molecule has 1 N–H and O–H groups in total. The highest BCUT2D eigenvalue weighted by atomic mass is 35.5. The second kappa shape index (κ2) is 5.80. The maximum Gasteiger partial charge on any atom is 0.252 e. The van der Waals surface area contributed by atoms with E-state index in [0.717, 1.165) is 23.7 Å². The van der Waals surface area contributed by atoms with Gasteiger partial charge < -0.3 is 5.32 Å². The Kier molecular flexibility index (Phi) is 4.29. The Labute approximate surface area is 124 Å². The number of amides is 1. The molecule has 2 rings (SSSR count). The highest BCUT2D eigenvalue weighted by Crippen LogP contribution is 2.22. The summed E-state index contributed by atoms with van der Waals surface area (Å²) >= 11 is 6.01. The standard InChI is InChI=1S/C16H19ClN2O/c1-4-9-16(2,3)19-15(20)12-10-14(17)18-13-8-6-5-7-11(12)13/h5-8,10H,4,9H2,1-3H3,(H,19,20). The fraction of sp³-hybridized carbons (Fsp3) is 0.375. The Morgan fingerprint density at radius 1 is 1.35 bits per heavy atom. The van der Waals surface area contributed by atoms with Gasteiger partial charge in [0.1, 0.15) is 5.15 Å². The van der Waals surface area contributed by atoms with E-state index in [-0.39, 0.29) is 11.4 Å². The molecule has 1 heterocycles. The van der Waals surface area contributed by atoms with Gasteiger partial charge in [-0.05, 0) is 32.4 Å². The molecular weight excluding hydrogens is 272 g/mol. The van der Waals surface area contributed by atoms with Crippen LogP contribution in [0.1, 0.15) is 44.0 Å². The van der Waals surface area contributed by atoms with E-state index in [1.807, 2.05) is 38.1 Å². The van der Waals surface area contributed by atoms with Crippen molar-refractivity contribution in [1.29, 1.82) is 0 Å². The molecule has 0 saturated carbocycles. The summed E-state index contributed by atoms with van der Waals surface area (Å²) in [6.07, 6.45) is 1.95. The second-order valence-corrected chi connectivity index (χ2v) is 5.98. The lowest BCUT2D eigenvalue weighted by atomic mass is 9.98. The van der Waals surface area contributed by atoms with Crippen molar-refractivity contribution in [2.75, 3.05) is 0 Å². The fourth-order valence-electron chi connectivity index (χ4n) is 2.39. The minimum atomic E-state index is -0.233. The maximum absolute atomic E-state index is 12.5. The third-order valence-electron chi connectivity index (χ3n) is 3.26. The van der Waals surface area contributed by atoms with E-state index in [4.69, 9.17) is 11.6 Å². The average Bonchev–Trinajstić information content (AvgIpc) is 2.36. The van der Waals surface area contributed by atoms with Gasteiger partial charge in [-0.15, -0.1) is 0 Å². The van der Waals surface area contributed by atoms with Gasteiger partial charge in [-0.3, -0.25) is 4.79 Å². The molecule has 0 saturated heterocycles. The molecule has 0 aliphatic heterocycles. The van der Waals surface area contributed by atoms with Gasteiger partial charge >= 0.3 is 0 Å². The SMILES string of the molecule is CCCC(C)(C)NC(=O)c1cc(Cl)nc2ccccc12. The number of benzene rings is 1. The van der Waals surface area contributed by atoms with Crippen LogP contribution >= 0.6 is 11.6 Å². The molecule has 3 nitrogen and oxygen atoms in total. The van der Waals surface area contributed by atoms with Gasteiger partial charge in [0.25, 0.3) is 5.91 Å². The zero-order valence-corrected chi connectivity index (χ0v) is 12.8. The summed E-state index contributed by atoms with van der Waals surface area (Å²) in [5, 5.41) is 4.22. The van der Waals surface area contributed by atoms with Crippen molar-refractivity contribution in [2.45, 2.75) is 39.2 Å². The van der Waals surface area contributed by atoms with Crippen LogP contribution < -0.4 is 5.32 Å². The van der Waals surface area contributed by atoms with Crippen LogP contribution in [0.3, 0.4) is 0 Å². The van der Waals surface area contributed by atoms with E-state index >= 15 is 0 Å². The van der Waals surface area contributed by atoms with Crippen molar-refractivity contribution in [3.63, 3.8) is 0 Å². The van der Waals surface area contributed by atoms with Crippen molar-refractivity contribution >= 4 is 28.4 Å². The second-order valence-electron chi connectivity index (χ2n) is 5.60. The van der Waals surface area contributed by atoms with Crippen LogP contribution in [0.25, 0.3) is 10.9 Å². The first kappa shape index (κ1) is 14.8. The van der Waals surface area contributed by atoms with Crippen molar-refractivity contribution in [2.24, 2.45) is 0 Å². The van der Waals surface area contributed by atoms with Crippen molar-refractivity contribution in [1.82, 2.24) is 10.3 Å². The number of carbonyl (C=O) groups excluding carboxylic acids is 1. The molecule has 0 aliphatic rings. The fourth-order valence-corrected chi connectivity index (χ4v) is 2.59. The van der Waals surface area contributed by atoms with E-state index in [1.54, 1.807) is 6.07 Å². The van der Waals surface area contributed by atoms with E-state index in [0.29, 0.717) is 10.7 Å². The van der Waals surface area contributed by atoms with Crippen LogP contribution in [0.5, 0.6) is 0 Å². The molecule has 20 heavy (non-hydrogen) atoms. The van der Waals surface area contributed by atoms with E-state index in [9.17, 15) is 4.79 Å². The number of carbonyl (C=O) groups is 1. The Balaban J connectivity index is 2.39. The van der Waals surface area contributed by atoms with E-state index in [1.165, 1.54) is 0 Å². The summed E-state index contributed by atoms with van der Waals surface area (Å²) in [7, 11) is 0. The predicted octanol–water partition coefficient (Wildman–Crippen LogP) is 4.20. The van der Waals surface area contributed by atoms with Crippen molar-refractivity contribution in [3.8, 4) is 0 Å². The molecule has 0 fully saturated rings. The molecule has 1 aromatic carbocycles. The monoisotopic (exact) mass is 290 g/mol. The highest BCUT2D eigenvalue weighted by Gasteiger charge is 2.21. The van der Waals surface area contributed by atoms with Gasteiger partial charge in [-0.25, -0.2) is 4.98 Å². The minimum Gasteiger partial charge on any atom is -0.347 e. The lowest BCUT2D eigenvalue weighted by Gasteiger charge is -2.26. The number of para-hydroxylation sites is 1. The number of rotatable bonds is 4. The van der Waals surface area contributed by atoms with Crippen LogP contribution in [0.15, 0.2) is 30.3 Å². The summed E-state index contributed by atoms with van der Waals surface area (Å²) in [5.74, 6) is -0.107. The number of nitrogens with one attached hydrogen (secondary N) is 1. The minimum absolute atomic E-state index is 0.107. The zero-order valence-electron chi connectivity index (χ0n) is 12.0. The van der Waals surface area contributed by atoms with Gasteiger partial charge in [0, 0.05) is 10.9 Å². The molecule has 0 radical (unpaired) electrons. The molecule has 0 spiro atoms. The molecule has 0 aliphatic carbocycles. The van der Waals surface area contributed by atoms with Crippen LogP contribution in [0, 0.1) is 0 Å². The van der Waals surface area contributed by atoms with Crippen LogP contribution in [-0.4, -0.2) is 16.4 Å². The number of pyridine rings is 1. The molecule has 0 unspecified atom stereocenters. The number of hydrogen-bond acceptors (Lipinski definition) is 2. The molecule has 1 aromatic heterocycles. The Morgan fingerprint density at radius 3 is 2.75 bits per heavy atom. The molecule has 106 valence electrons. The van der Waals surface area contributed by atoms with Gasteiger partial charge in [-0.1, -0.05) is 43.1 Å². The topological polar surface area (TPSA) is 42.0 Å². The van der Waals surface area contributed by atoms with E-state index < -0.39 is 0 Å². The van der Waals surface area contributed by atoms with Gasteiger partial charge in [-0.2, -0.15) is 0 Å². The number of aromatic nitrogens is 1. The first-order chi connectivity index (χ1) is 9.43. The largest absolute Gasteiger partial charge is 0.347 e. The molecule has 4 heteroatoms. The molecular formula is C16H19ClN2O. The van der Waals surface area contributed by atoms with Gasteiger partial charge in [0.2, 0.25) is 0 Å². The summed E-state index contributed by atoms with van der Waals surface area (Å²) in [6.45, 7) is 6.16. The van der Waals surface area contributed by atoms with Crippen LogP contribution in [-0.2, 0) is 0 Å². The third kappa shape index (κ3) is 3.28. The first-order valence-electron chi connectivity index (χ1n) is 6.81. The quantitative estimate of drug-likeness (QED) is 0.858. The smallest absolute Gasteiger partial charge is 0.252 e. The summed E-state index contributed by atoms with van der Waals surface area (Å²) in [5.41, 5.74) is 1.08. The zero-order chi connectivity index (χ0) is 14.8. The Hall–Kier alpha value is -1.61. The number of nitrogens with zero attached hydrogens (tertiary/aromatic N) is 1. The molecule has 1 amide bonds. The number of halogens is 1. The number of hydrogen-bond donors (Lipinski definition) is 1. The Bertz CT molecular complexity index is 637. The number of fused-ring (bicyclic) bond motifs is 1. The lowest BCUT2D eigenvalue weighted by Crippen LogP contribution is -2.43. The van der Waals surface area contributed by atoms with Gasteiger partial charge in [0.05, 0.1) is 11.1 Å². The summed E-state index contributed by atoms with van der Waals surface area (Å²) in [6, 6.07) is 9.15. The third-order valence-corrected chi connectivity index (χ3v) is 3.45. The molecule has 0 bridgehead atoms. The predicted molar refractivity (Wildman–Crippen MR) is 83.2 cm³/mol. The summed E-state index contributed by atoms with van der Waals surface area (Å²) < 4.78 is 0. The molecule has 0 atom stereocenters. The lowest BCUT2D eigenvalue weighted by molar-refractivity contribution is 0.0910. The van der Waals surface area contributed by atoms with Gasteiger partial charge in [0.15, 0.2) is 0 Å². The normalized spacial score (nSPS) is 11.6. The summed E-state index contributed by atoms with van der Waals surface area (Å²) in [4.78, 5) is 16.7. The van der Waals surface area contributed by atoms with E-state index in [2.05, 4.69) is 17.2 Å². The van der Waals surface area contributed by atoms with Crippen LogP contribution in [0.4, 0.5) is 0 Å². The maximum atomic E-state index is 12.5. The van der Waals surface area contributed by atoms with Crippen LogP contribution in [0.2, 0.25) is 5.15 Å². The average molecular weight is 291 g/mol. The highest BCUT2D eigenvalue weighted by molar-refractivity contribution is 6.30. The van der Waals surface area contributed by atoms with Crippen molar-refractivity contribution < 1.29 is 4.79 Å². The molecule has 2 aromatic rings. The first-order valence-corrected chi connectivity index (χ1v) is 7.18.